The van der Waals surface area contributed by atoms with Crippen LogP contribution in [0.25, 0.3) is 0 Å². The maximum atomic E-state index is 11.2. The fraction of sp³-hybridized carbons (Fsp3) is 0.455. The minimum Gasteiger partial charge on any atom is -0.336 e. The minimum atomic E-state index is 0.0413. The lowest BCUT2D eigenvalue weighted by molar-refractivity contribution is 0.217. The molecule has 1 aromatic rings. The molecule has 1 saturated heterocycles. The molecule has 2 rings (SSSR count). The van der Waals surface area contributed by atoms with Crippen LogP contribution in [-0.2, 0) is 6.54 Å². The van der Waals surface area contributed by atoms with E-state index in [-0.39, 0.29) is 6.03 Å². The van der Waals surface area contributed by atoms with Crippen LogP contribution in [0.5, 0.6) is 0 Å². The quantitative estimate of drug-likeness (QED) is 0.697. The smallest absolute Gasteiger partial charge is 0.317 e. The Hall–Kier alpha value is -1.62. The first kappa shape index (κ1) is 10.9. The summed E-state index contributed by atoms with van der Waals surface area (Å²) in [7, 11) is 0. The zero-order valence-corrected chi connectivity index (χ0v) is 9.15. The summed E-state index contributed by atoms with van der Waals surface area (Å²) in [4.78, 5) is 17.2. The average molecular weight is 220 g/mol. The largest absolute Gasteiger partial charge is 0.336 e. The summed E-state index contributed by atoms with van der Waals surface area (Å²) >= 11 is 0. The Balaban J connectivity index is 1.64. The van der Waals surface area contributed by atoms with Crippen LogP contribution in [0.4, 0.5) is 4.79 Å². The highest BCUT2D eigenvalue weighted by Gasteiger charge is 2.17. The zero-order chi connectivity index (χ0) is 11.2. The number of carbonyl (C=O) groups excluding carboxylic acids is 1. The summed E-state index contributed by atoms with van der Waals surface area (Å²) in [6, 6.07) is 5.89. The second-order valence-electron chi connectivity index (χ2n) is 3.72. The summed E-state index contributed by atoms with van der Waals surface area (Å²) in [6.07, 6.45) is 1.78. The number of rotatable bonds is 5. The maximum Gasteiger partial charge on any atom is 0.317 e. The van der Waals surface area contributed by atoms with Gasteiger partial charge in [-0.3, -0.25) is 4.98 Å². The first-order valence-electron chi connectivity index (χ1n) is 5.49. The molecule has 1 aliphatic heterocycles. The molecular formula is C11H16N4O. The molecule has 2 N–H and O–H groups in total. The standard InChI is InChI=1S/C11H16N4O/c16-11-14-6-8-15(11)7-5-12-9-10-3-1-2-4-13-10/h1-4,12H,5-9H2,(H,14,16). The molecule has 0 bridgehead atoms. The first-order chi connectivity index (χ1) is 7.86. The SMILES string of the molecule is O=C1NCCN1CCNCc1ccccn1. The number of nitrogens with zero attached hydrogens (tertiary/aromatic N) is 2. The number of hydrogen-bond acceptors (Lipinski definition) is 3. The van der Waals surface area contributed by atoms with Gasteiger partial charge in [-0.1, -0.05) is 6.07 Å². The molecule has 0 aromatic carbocycles. The van der Waals surface area contributed by atoms with Gasteiger partial charge in [0.1, 0.15) is 0 Å². The lowest BCUT2D eigenvalue weighted by Gasteiger charge is -2.13. The van der Waals surface area contributed by atoms with Crippen molar-refractivity contribution in [3.8, 4) is 0 Å². The van der Waals surface area contributed by atoms with E-state index in [0.29, 0.717) is 0 Å². The van der Waals surface area contributed by atoms with E-state index in [4.69, 9.17) is 0 Å². The summed E-state index contributed by atoms with van der Waals surface area (Å²) in [6.45, 7) is 3.86. The van der Waals surface area contributed by atoms with Crippen molar-refractivity contribution < 1.29 is 4.79 Å². The van der Waals surface area contributed by atoms with E-state index in [2.05, 4.69) is 15.6 Å². The van der Waals surface area contributed by atoms with Gasteiger partial charge in [-0.15, -0.1) is 0 Å². The van der Waals surface area contributed by atoms with Crippen LogP contribution in [0.15, 0.2) is 24.4 Å². The second kappa shape index (κ2) is 5.46. The predicted molar refractivity (Wildman–Crippen MR) is 60.9 cm³/mol. The van der Waals surface area contributed by atoms with Crippen LogP contribution in [-0.4, -0.2) is 42.1 Å². The molecule has 1 aromatic heterocycles. The third kappa shape index (κ3) is 2.93. The fourth-order valence-corrected chi connectivity index (χ4v) is 1.66. The monoisotopic (exact) mass is 220 g/mol. The second-order valence-corrected chi connectivity index (χ2v) is 3.72. The van der Waals surface area contributed by atoms with Gasteiger partial charge in [0, 0.05) is 38.9 Å². The van der Waals surface area contributed by atoms with Crippen molar-refractivity contribution in [1.29, 1.82) is 0 Å². The Bertz CT molecular complexity index is 341. The fourth-order valence-electron chi connectivity index (χ4n) is 1.66. The van der Waals surface area contributed by atoms with Gasteiger partial charge in [-0.25, -0.2) is 4.79 Å². The van der Waals surface area contributed by atoms with E-state index in [1.807, 2.05) is 23.1 Å². The predicted octanol–water partition coefficient (Wildman–Crippen LogP) is 0.196. The third-order valence-electron chi connectivity index (χ3n) is 2.54. The Kier molecular flexibility index (Phi) is 3.71. The Labute approximate surface area is 94.9 Å². The molecule has 0 spiro atoms. The van der Waals surface area contributed by atoms with E-state index in [9.17, 15) is 4.79 Å². The van der Waals surface area contributed by atoms with Crippen molar-refractivity contribution in [1.82, 2.24) is 20.5 Å². The van der Waals surface area contributed by atoms with Crippen LogP contribution < -0.4 is 10.6 Å². The Morgan fingerprint density at radius 3 is 3.12 bits per heavy atom. The van der Waals surface area contributed by atoms with E-state index >= 15 is 0 Å². The molecule has 5 heteroatoms. The Morgan fingerprint density at radius 1 is 1.50 bits per heavy atom. The summed E-state index contributed by atoms with van der Waals surface area (Å²) in [5.74, 6) is 0. The number of nitrogens with one attached hydrogen (secondary N) is 2. The molecular weight excluding hydrogens is 204 g/mol. The molecule has 0 aliphatic carbocycles. The van der Waals surface area contributed by atoms with Crippen LogP contribution in [0.3, 0.4) is 0 Å². The number of amides is 2. The van der Waals surface area contributed by atoms with Crippen molar-refractivity contribution in [3.05, 3.63) is 30.1 Å². The van der Waals surface area contributed by atoms with Crippen molar-refractivity contribution in [2.75, 3.05) is 26.2 Å². The molecule has 2 heterocycles. The van der Waals surface area contributed by atoms with Gasteiger partial charge in [0.2, 0.25) is 0 Å². The lowest BCUT2D eigenvalue weighted by atomic mass is 10.3. The highest BCUT2D eigenvalue weighted by atomic mass is 16.2. The molecule has 16 heavy (non-hydrogen) atoms. The van der Waals surface area contributed by atoms with Crippen molar-refractivity contribution in [2.45, 2.75) is 6.54 Å². The molecule has 5 nitrogen and oxygen atoms in total. The Morgan fingerprint density at radius 2 is 2.44 bits per heavy atom. The van der Waals surface area contributed by atoms with Crippen LogP contribution >= 0.6 is 0 Å². The molecule has 0 radical (unpaired) electrons. The third-order valence-corrected chi connectivity index (χ3v) is 2.54. The van der Waals surface area contributed by atoms with Crippen LogP contribution in [0.1, 0.15) is 5.69 Å². The van der Waals surface area contributed by atoms with Gasteiger partial charge in [-0.05, 0) is 12.1 Å². The molecule has 1 aliphatic rings. The van der Waals surface area contributed by atoms with E-state index in [1.165, 1.54) is 0 Å². The summed E-state index contributed by atoms with van der Waals surface area (Å²) in [5, 5.41) is 6.04. The van der Waals surface area contributed by atoms with Gasteiger partial charge in [0.05, 0.1) is 5.69 Å². The molecule has 1 fully saturated rings. The number of aromatic nitrogens is 1. The highest BCUT2D eigenvalue weighted by molar-refractivity contribution is 5.76. The first-order valence-corrected chi connectivity index (χ1v) is 5.49. The van der Waals surface area contributed by atoms with Gasteiger partial charge < -0.3 is 15.5 Å². The van der Waals surface area contributed by atoms with Gasteiger partial charge in [0.15, 0.2) is 0 Å². The normalized spacial score (nSPS) is 15.2. The highest BCUT2D eigenvalue weighted by Crippen LogP contribution is 1.95. The molecule has 0 saturated carbocycles. The van der Waals surface area contributed by atoms with Crippen molar-refractivity contribution >= 4 is 6.03 Å². The molecule has 2 amide bonds. The molecule has 86 valence electrons. The van der Waals surface area contributed by atoms with Crippen molar-refractivity contribution in [3.63, 3.8) is 0 Å². The van der Waals surface area contributed by atoms with Crippen LogP contribution in [0.2, 0.25) is 0 Å². The minimum absolute atomic E-state index is 0.0413. The summed E-state index contributed by atoms with van der Waals surface area (Å²) in [5.41, 5.74) is 1.02. The topological polar surface area (TPSA) is 57.3 Å². The van der Waals surface area contributed by atoms with E-state index < -0.39 is 0 Å². The number of pyridine rings is 1. The summed E-state index contributed by atoms with van der Waals surface area (Å²) < 4.78 is 0. The van der Waals surface area contributed by atoms with Crippen LogP contribution in [0, 0.1) is 0 Å². The van der Waals surface area contributed by atoms with E-state index in [0.717, 1.165) is 38.4 Å². The lowest BCUT2D eigenvalue weighted by Crippen LogP contribution is -2.34. The number of urea groups is 1. The molecule has 0 unspecified atom stereocenters. The zero-order valence-electron chi connectivity index (χ0n) is 9.15. The maximum absolute atomic E-state index is 11.2. The molecule has 0 atom stereocenters. The van der Waals surface area contributed by atoms with E-state index in [1.54, 1.807) is 6.20 Å². The number of carbonyl (C=O) groups is 1. The average Bonchev–Trinajstić information content (AvgIpc) is 2.72. The van der Waals surface area contributed by atoms with Gasteiger partial charge in [0.25, 0.3) is 0 Å². The van der Waals surface area contributed by atoms with Gasteiger partial charge >= 0.3 is 6.03 Å². The number of hydrogen-bond donors (Lipinski definition) is 2. The van der Waals surface area contributed by atoms with Gasteiger partial charge in [-0.2, -0.15) is 0 Å². The van der Waals surface area contributed by atoms with Crippen molar-refractivity contribution in [2.24, 2.45) is 0 Å².